The predicted octanol–water partition coefficient (Wildman–Crippen LogP) is 15.6. The fourth-order valence-corrected chi connectivity index (χ4v) is 8.43. The zero-order valence-electron chi connectivity index (χ0n) is 39.5. The third-order valence-corrected chi connectivity index (χ3v) is 12.4. The third kappa shape index (κ3) is 41.6. The minimum Gasteiger partial charge on any atom is -0.462 e. The summed E-state index contributed by atoms with van der Waals surface area (Å²) >= 11 is 0. The normalized spacial score (nSPS) is 13.1. The molecule has 0 heterocycles. The minimum atomic E-state index is -0.778. The first-order valence-electron chi connectivity index (χ1n) is 26.3. The first kappa shape index (κ1) is 56.9. The molecule has 0 fully saturated rings. The lowest BCUT2D eigenvalue weighted by molar-refractivity contribution is -0.151. The van der Waals surface area contributed by atoms with Crippen molar-refractivity contribution in [1.82, 2.24) is 5.32 Å². The number of esters is 1. The molecule has 58 heavy (non-hydrogen) atoms. The smallest absolute Gasteiger partial charge is 0.306 e. The van der Waals surface area contributed by atoms with Gasteiger partial charge in [-0.3, -0.25) is 9.59 Å². The Labute approximate surface area is 362 Å². The van der Waals surface area contributed by atoms with Gasteiger partial charge in [-0.2, -0.15) is 0 Å². The van der Waals surface area contributed by atoms with Crippen molar-refractivity contribution in [2.45, 2.75) is 315 Å². The highest BCUT2D eigenvalue weighted by Gasteiger charge is 2.24. The first-order chi connectivity index (χ1) is 28.5. The van der Waals surface area contributed by atoms with Gasteiger partial charge in [0, 0.05) is 6.42 Å². The highest BCUT2D eigenvalue weighted by Crippen LogP contribution is 2.19. The maximum atomic E-state index is 13.2. The molecule has 1 amide bonds. The van der Waals surface area contributed by atoms with Gasteiger partial charge in [-0.25, -0.2) is 0 Å². The standard InChI is InChI=1S/C52H103NO5/c1-4-7-10-13-16-19-21-23-24-25-26-28-30-33-36-39-42-45-52(57)58-48(43-40-37-34-31-18-15-12-9-6-3)46-51(56)53-49(47-54)50(55)44-41-38-35-32-29-27-22-20-17-14-11-8-5-2/h48-50,54-55H,4-47H2,1-3H3,(H,53,56). The van der Waals surface area contributed by atoms with Gasteiger partial charge in [0.25, 0.3) is 0 Å². The summed E-state index contributed by atoms with van der Waals surface area (Å²) in [6, 6.07) is -0.691. The van der Waals surface area contributed by atoms with Crippen molar-refractivity contribution < 1.29 is 24.5 Å². The Bertz CT molecular complexity index is 837. The summed E-state index contributed by atoms with van der Waals surface area (Å²) in [6.45, 7) is 6.50. The Hall–Kier alpha value is -1.14. The van der Waals surface area contributed by atoms with Gasteiger partial charge in [-0.1, -0.05) is 258 Å². The van der Waals surface area contributed by atoms with Gasteiger partial charge in [0.15, 0.2) is 0 Å². The summed E-state index contributed by atoms with van der Waals surface area (Å²) in [4.78, 5) is 26.1. The van der Waals surface area contributed by atoms with Crippen molar-refractivity contribution in [3.05, 3.63) is 0 Å². The number of hydrogen-bond donors (Lipinski definition) is 3. The number of carbonyl (C=O) groups is 2. The lowest BCUT2D eigenvalue weighted by Gasteiger charge is -2.24. The first-order valence-corrected chi connectivity index (χ1v) is 26.3. The van der Waals surface area contributed by atoms with Crippen molar-refractivity contribution in [1.29, 1.82) is 0 Å². The van der Waals surface area contributed by atoms with E-state index >= 15 is 0 Å². The van der Waals surface area contributed by atoms with Gasteiger partial charge in [0.2, 0.25) is 5.91 Å². The van der Waals surface area contributed by atoms with E-state index in [4.69, 9.17) is 4.74 Å². The SMILES string of the molecule is CCCCCCCCCCCCCCCCCCCC(=O)OC(CCCCCCCCCCC)CC(=O)NC(CO)C(O)CCCCCCCCCCCCCCC. The summed E-state index contributed by atoms with van der Waals surface area (Å²) in [5, 5.41) is 23.7. The molecule has 0 radical (unpaired) electrons. The van der Waals surface area contributed by atoms with Crippen LogP contribution in [0, 0.1) is 0 Å². The van der Waals surface area contributed by atoms with Crippen LogP contribution in [0.15, 0.2) is 0 Å². The summed E-state index contributed by atoms with van der Waals surface area (Å²) in [5.74, 6) is -0.453. The van der Waals surface area contributed by atoms with E-state index in [1.54, 1.807) is 0 Å². The number of aliphatic hydroxyl groups is 2. The molecule has 6 heteroatoms. The minimum absolute atomic E-state index is 0.0871. The summed E-state index contributed by atoms with van der Waals surface area (Å²) in [7, 11) is 0. The Morgan fingerprint density at radius 1 is 0.431 bits per heavy atom. The highest BCUT2D eigenvalue weighted by molar-refractivity contribution is 5.77. The molecule has 3 atom stereocenters. The van der Waals surface area contributed by atoms with Crippen molar-refractivity contribution in [3.63, 3.8) is 0 Å². The average molecular weight is 822 g/mol. The molecule has 0 aromatic carbocycles. The molecular formula is C52H103NO5. The van der Waals surface area contributed by atoms with Crippen LogP contribution >= 0.6 is 0 Å². The monoisotopic (exact) mass is 822 g/mol. The van der Waals surface area contributed by atoms with Crippen molar-refractivity contribution in [3.8, 4) is 0 Å². The molecule has 6 nitrogen and oxygen atoms in total. The molecule has 3 unspecified atom stereocenters. The van der Waals surface area contributed by atoms with Gasteiger partial charge >= 0.3 is 5.97 Å². The molecule has 0 aliphatic rings. The van der Waals surface area contributed by atoms with Crippen LogP contribution in [0.3, 0.4) is 0 Å². The predicted molar refractivity (Wildman–Crippen MR) is 250 cm³/mol. The summed E-state index contributed by atoms with van der Waals surface area (Å²) in [6.07, 6.45) is 50.3. The van der Waals surface area contributed by atoms with E-state index in [0.717, 1.165) is 38.5 Å². The molecule has 0 aliphatic carbocycles. The molecule has 0 spiro atoms. The van der Waals surface area contributed by atoms with Gasteiger partial charge in [0.05, 0.1) is 25.2 Å². The third-order valence-electron chi connectivity index (χ3n) is 12.4. The molecule has 0 saturated heterocycles. The Morgan fingerprint density at radius 3 is 1.05 bits per heavy atom. The van der Waals surface area contributed by atoms with Crippen LogP contribution in [-0.2, 0) is 14.3 Å². The van der Waals surface area contributed by atoms with Gasteiger partial charge < -0.3 is 20.3 Å². The number of hydrogen-bond acceptors (Lipinski definition) is 5. The topological polar surface area (TPSA) is 95.9 Å². The van der Waals surface area contributed by atoms with Crippen LogP contribution in [0.4, 0.5) is 0 Å². The van der Waals surface area contributed by atoms with E-state index < -0.39 is 18.2 Å². The highest BCUT2D eigenvalue weighted by atomic mass is 16.5. The number of aliphatic hydroxyl groups excluding tert-OH is 2. The maximum Gasteiger partial charge on any atom is 0.306 e. The van der Waals surface area contributed by atoms with E-state index in [1.807, 2.05) is 0 Å². The van der Waals surface area contributed by atoms with Crippen molar-refractivity contribution in [2.24, 2.45) is 0 Å². The summed E-state index contributed by atoms with van der Waals surface area (Å²) in [5.41, 5.74) is 0. The number of rotatable bonds is 48. The van der Waals surface area contributed by atoms with Gasteiger partial charge in [0.1, 0.15) is 6.10 Å². The van der Waals surface area contributed by atoms with Crippen LogP contribution in [0.5, 0.6) is 0 Å². The molecule has 0 aromatic rings. The van der Waals surface area contributed by atoms with Crippen molar-refractivity contribution in [2.75, 3.05) is 6.61 Å². The molecule has 0 saturated carbocycles. The average Bonchev–Trinajstić information content (AvgIpc) is 3.22. The van der Waals surface area contributed by atoms with Gasteiger partial charge in [-0.05, 0) is 25.7 Å². The Morgan fingerprint density at radius 2 is 0.724 bits per heavy atom. The molecule has 0 aliphatic heterocycles. The number of amides is 1. The zero-order chi connectivity index (χ0) is 42.4. The van der Waals surface area contributed by atoms with E-state index in [1.165, 1.54) is 212 Å². The van der Waals surface area contributed by atoms with E-state index in [9.17, 15) is 19.8 Å². The quantitative estimate of drug-likeness (QED) is 0.0420. The van der Waals surface area contributed by atoms with E-state index in [2.05, 4.69) is 26.1 Å². The molecular weight excluding hydrogens is 719 g/mol. The van der Waals surface area contributed by atoms with Crippen LogP contribution in [0.25, 0.3) is 0 Å². The van der Waals surface area contributed by atoms with Crippen LogP contribution in [0.1, 0.15) is 297 Å². The molecule has 346 valence electrons. The van der Waals surface area contributed by atoms with Crippen LogP contribution < -0.4 is 5.32 Å². The zero-order valence-corrected chi connectivity index (χ0v) is 39.5. The second kappa shape index (κ2) is 46.9. The lowest BCUT2D eigenvalue weighted by Crippen LogP contribution is -2.46. The lowest BCUT2D eigenvalue weighted by atomic mass is 10.0. The number of nitrogens with one attached hydrogen (secondary N) is 1. The van der Waals surface area contributed by atoms with Crippen molar-refractivity contribution >= 4 is 11.9 Å². The second-order valence-electron chi connectivity index (χ2n) is 18.3. The Balaban J connectivity index is 4.38. The number of unbranched alkanes of at least 4 members (excludes halogenated alkanes) is 36. The molecule has 0 rings (SSSR count). The fourth-order valence-electron chi connectivity index (χ4n) is 8.43. The Kier molecular flexibility index (Phi) is 46.0. The van der Waals surface area contributed by atoms with E-state index in [0.29, 0.717) is 19.3 Å². The molecule has 0 aromatic heterocycles. The molecule has 3 N–H and O–H groups in total. The van der Waals surface area contributed by atoms with Crippen LogP contribution in [0.2, 0.25) is 0 Å². The summed E-state index contributed by atoms with van der Waals surface area (Å²) < 4.78 is 5.93. The second-order valence-corrected chi connectivity index (χ2v) is 18.3. The number of carbonyl (C=O) groups excluding carboxylic acids is 2. The maximum absolute atomic E-state index is 13.2. The van der Waals surface area contributed by atoms with E-state index in [-0.39, 0.29) is 24.9 Å². The fraction of sp³-hybridized carbons (Fsp3) is 0.962. The van der Waals surface area contributed by atoms with Crippen LogP contribution in [-0.4, -0.2) is 46.9 Å². The number of ether oxygens (including phenoxy) is 1. The van der Waals surface area contributed by atoms with Gasteiger partial charge in [-0.15, -0.1) is 0 Å². The molecule has 0 bridgehead atoms. The largest absolute Gasteiger partial charge is 0.462 e.